The molecule has 0 aliphatic heterocycles. The summed E-state index contributed by atoms with van der Waals surface area (Å²) in [6, 6.07) is 18.6. The van der Waals surface area contributed by atoms with E-state index >= 15 is 0 Å². The Kier molecular flexibility index (Phi) is 6.58. The summed E-state index contributed by atoms with van der Waals surface area (Å²) in [5, 5.41) is 12.3. The number of anilines is 4. The predicted octanol–water partition coefficient (Wildman–Crippen LogP) is 6.03. The lowest BCUT2D eigenvalue weighted by atomic mass is 10.1. The van der Waals surface area contributed by atoms with Crippen molar-refractivity contribution in [2.24, 2.45) is 10.2 Å². The maximum Gasteiger partial charge on any atom is 0.231 e. The van der Waals surface area contributed by atoms with Crippen molar-refractivity contribution in [1.29, 1.82) is 0 Å². The first-order valence-electron chi connectivity index (χ1n) is 12.6. The molecule has 0 amide bonds. The van der Waals surface area contributed by atoms with E-state index < -0.39 is 0 Å². The second-order valence-corrected chi connectivity index (χ2v) is 9.23. The number of aryl methyl sites for hydroxylation is 2. The second-order valence-electron chi connectivity index (χ2n) is 9.23. The van der Waals surface area contributed by atoms with E-state index in [0.29, 0.717) is 41.9 Å². The average Bonchev–Trinajstić information content (AvgIpc) is 3.53. The quantitative estimate of drug-likeness (QED) is 0.255. The zero-order valence-electron chi connectivity index (χ0n) is 21.1. The lowest BCUT2D eigenvalue weighted by Crippen LogP contribution is -2.07. The molecule has 0 bridgehead atoms. The molecular formula is C29H25F2N7O. The molecule has 10 heteroatoms. The van der Waals surface area contributed by atoms with Crippen LogP contribution in [0.15, 0.2) is 76.9 Å². The summed E-state index contributed by atoms with van der Waals surface area (Å²) in [7, 11) is 1.59. The van der Waals surface area contributed by atoms with Crippen LogP contribution in [-0.4, -0.2) is 28.5 Å². The topological polar surface area (TPSA) is 95.8 Å². The smallest absolute Gasteiger partial charge is 0.231 e. The van der Waals surface area contributed by atoms with Crippen molar-refractivity contribution in [3.63, 3.8) is 0 Å². The molecule has 0 radical (unpaired) electrons. The summed E-state index contributed by atoms with van der Waals surface area (Å²) >= 11 is 0. The van der Waals surface area contributed by atoms with Gasteiger partial charge in [-0.1, -0.05) is 12.1 Å². The van der Waals surface area contributed by atoms with E-state index in [1.807, 2.05) is 24.3 Å². The molecule has 0 atom stereocenters. The van der Waals surface area contributed by atoms with Crippen LogP contribution in [0.1, 0.15) is 35.1 Å². The Morgan fingerprint density at radius 1 is 0.718 bits per heavy atom. The van der Waals surface area contributed by atoms with Crippen LogP contribution in [0.4, 0.5) is 32.1 Å². The maximum atomic E-state index is 13.6. The molecule has 3 aromatic carbocycles. The summed E-state index contributed by atoms with van der Waals surface area (Å²) in [5.74, 6) is 1.30. The Bertz CT molecular complexity index is 1530. The molecule has 1 heterocycles. The molecule has 0 unspecified atom stereocenters. The highest BCUT2D eigenvalue weighted by molar-refractivity contribution is 6.05. The molecule has 2 aliphatic rings. The summed E-state index contributed by atoms with van der Waals surface area (Å²) in [5.41, 5.74) is 12.1. The Hall–Kier alpha value is -4.86. The number of fused-ring (bicyclic) bond motifs is 2. The zero-order valence-corrected chi connectivity index (χ0v) is 21.1. The second kappa shape index (κ2) is 10.5. The summed E-state index contributed by atoms with van der Waals surface area (Å²) in [4.78, 5) is 9.15. The lowest BCUT2D eigenvalue weighted by molar-refractivity contribution is 0.417. The number of aromatic nitrogens is 2. The van der Waals surface area contributed by atoms with E-state index in [0.717, 1.165) is 46.5 Å². The molecule has 1 aromatic heterocycles. The maximum absolute atomic E-state index is 13.6. The van der Waals surface area contributed by atoms with Gasteiger partial charge in [0.2, 0.25) is 5.95 Å². The largest absolute Gasteiger partial charge is 0.495 e. The number of ether oxygens (including phenoxy) is 1. The van der Waals surface area contributed by atoms with Crippen molar-refractivity contribution in [1.82, 2.24) is 9.97 Å². The van der Waals surface area contributed by atoms with Gasteiger partial charge in [-0.2, -0.15) is 20.2 Å². The van der Waals surface area contributed by atoms with Gasteiger partial charge in [-0.3, -0.25) is 10.9 Å². The van der Waals surface area contributed by atoms with Crippen molar-refractivity contribution >= 4 is 34.7 Å². The molecule has 0 saturated heterocycles. The number of para-hydroxylation sites is 2. The van der Waals surface area contributed by atoms with E-state index in [-0.39, 0.29) is 11.6 Å². The number of nitrogens with zero attached hydrogens (tertiary/aromatic N) is 4. The molecule has 39 heavy (non-hydrogen) atoms. The van der Waals surface area contributed by atoms with Crippen LogP contribution >= 0.6 is 0 Å². The first-order valence-corrected chi connectivity index (χ1v) is 12.6. The fourth-order valence-electron chi connectivity index (χ4n) is 4.84. The first-order chi connectivity index (χ1) is 19.1. The van der Waals surface area contributed by atoms with Crippen LogP contribution in [0.2, 0.25) is 0 Å². The minimum Gasteiger partial charge on any atom is -0.495 e. The molecule has 6 rings (SSSR count). The number of benzene rings is 3. The van der Waals surface area contributed by atoms with Crippen LogP contribution in [0, 0.1) is 11.6 Å². The van der Waals surface area contributed by atoms with E-state index in [1.54, 1.807) is 37.4 Å². The van der Waals surface area contributed by atoms with Crippen molar-refractivity contribution in [2.75, 3.05) is 23.3 Å². The lowest BCUT2D eigenvalue weighted by Gasteiger charge is -2.12. The third-order valence-electron chi connectivity index (χ3n) is 6.71. The minimum atomic E-state index is -0.252. The summed E-state index contributed by atoms with van der Waals surface area (Å²) in [6.07, 6.45) is 2.85. The van der Waals surface area contributed by atoms with Gasteiger partial charge in [0.25, 0.3) is 0 Å². The highest BCUT2D eigenvalue weighted by atomic mass is 19.1. The Morgan fingerprint density at radius 2 is 1.28 bits per heavy atom. The number of halogens is 2. The standard InChI is InChI=1S/C29H25F2N7O/c1-39-26-5-3-2-4-25(26)32-29-33-27(37-35-23-12-6-17-14-19(30)8-10-21(17)23)16-28(34-29)38-36-24-13-7-18-15-20(31)9-11-22(18)24/h2-5,8-11,14-16H,6-7,12-13H2,1H3,(H3,32,33,34,37,38). The van der Waals surface area contributed by atoms with Crippen LogP contribution in [0.5, 0.6) is 5.75 Å². The van der Waals surface area contributed by atoms with Gasteiger partial charge >= 0.3 is 0 Å². The van der Waals surface area contributed by atoms with Crippen molar-refractivity contribution in [3.8, 4) is 5.75 Å². The van der Waals surface area contributed by atoms with E-state index in [2.05, 4.69) is 36.3 Å². The molecule has 0 fully saturated rings. The van der Waals surface area contributed by atoms with Crippen molar-refractivity contribution in [3.05, 3.63) is 101 Å². The van der Waals surface area contributed by atoms with Crippen LogP contribution in [0.25, 0.3) is 0 Å². The average molecular weight is 526 g/mol. The summed E-state index contributed by atoms with van der Waals surface area (Å²) < 4.78 is 32.7. The zero-order chi connectivity index (χ0) is 26.8. The Labute approximate surface area is 223 Å². The number of methoxy groups -OCH3 is 1. The number of hydrogen-bond acceptors (Lipinski definition) is 8. The normalized spacial score (nSPS) is 15.8. The molecular weight excluding hydrogens is 500 g/mol. The molecule has 8 nitrogen and oxygen atoms in total. The molecule has 0 spiro atoms. The number of hydrazone groups is 2. The van der Waals surface area contributed by atoms with Gasteiger partial charge < -0.3 is 10.1 Å². The van der Waals surface area contributed by atoms with Gasteiger partial charge in [0.05, 0.1) is 24.2 Å². The monoisotopic (exact) mass is 525 g/mol. The molecule has 3 N–H and O–H groups in total. The van der Waals surface area contributed by atoms with Gasteiger partial charge in [0.15, 0.2) is 11.6 Å². The summed E-state index contributed by atoms with van der Waals surface area (Å²) in [6.45, 7) is 0. The number of rotatable bonds is 7. The fraction of sp³-hybridized carbons (Fsp3) is 0.172. The van der Waals surface area contributed by atoms with Gasteiger partial charge in [0.1, 0.15) is 17.4 Å². The van der Waals surface area contributed by atoms with E-state index in [9.17, 15) is 8.78 Å². The van der Waals surface area contributed by atoms with Crippen molar-refractivity contribution in [2.45, 2.75) is 25.7 Å². The minimum absolute atomic E-state index is 0.252. The highest BCUT2D eigenvalue weighted by Crippen LogP contribution is 2.28. The van der Waals surface area contributed by atoms with Crippen LogP contribution in [-0.2, 0) is 12.8 Å². The third kappa shape index (κ3) is 5.26. The van der Waals surface area contributed by atoms with E-state index in [1.165, 1.54) is 12.1 Å². The van der Waals surface area contributed by atoms with Gasteiger partial charge in [-0.25, -0.2) is 8.78 Å². The first kappa shape index (κ1) is 24.5. The Balaban J connectivity index is 1.30. The van der Waals surface area contributed by atoms with Gasteiger partial charge in [-0.05, 0) is 85.3 Å². The molecule has 4 aromatic rings. The molecule has 196 valence electrons. The molecule has 0 saturated carbocycles. The van der Waals surface area contributed by atoms with Crippen LogP contribution < -0.4 is 20.9 Å². The van der Waals surface area contributed by atoms with Gasteiger partial charge in [0, 0.05) is 17.2 Å². The van der Waals surface area contributed by atoms with E-state index in [4.69, 9.17) is 4.74 Å². The SMILES string of the molecule is COc1ccccc1Nc1nc(NN=C2CCc3cc(F)ccc32)cc(NN=C2CCc3cc(F)ccc32)n1. The van der Waals surface area contributed by atoms with Crippen LogP contribution in [0.3, 0.4) is 0 Å². The Morgan fingerprint density at radius 3 is 1.85 bits per heavy atom. The third-order valence-corrected chi connectivity index (χ3v) is 6.71. The van der Waals surface area contributed by atoms with Crippen molar-refractivity contribution < 1.29 is 13.5 Å². The highest BCUT2D eigenvalue weighted by Gasteiger charge is 2.20. The predicted molar refractivity (Wildman–Crippen MR) is 148 cm³/mol. The number of hydrogen-bond donors (Lipinski definition) is 3. The fourth-order valence-corrected chi connectivity index (χ4v) is 4.84. The van der Waals surface area contributed by atoms with Gasteiger partial charge in [-0.15, -0.1) is 0 Å². The number of nitrogens with one attached hydrogen (secondary N) is 3. The molecule has 2 aliphatic carbocycles.